The largest absolute Gasteiger partial charge is 0.380 e. The minimum absolute atomic E-state index is 0. The van der Waals surface area contributed by atoms with Crippen LogP contribution in [0.2, 0.25) is 0 Å². The number of nitrogens with one attached hydrogen (secondary N) is 2. The lowest BCUT2D eigenvalue weighted by Gasteiger charge is -2.27. The Kier molecular flexibility index (Phi) is 7.66. The van der Waals surface area contributed by atoms with E-state index >= 15 is 0 Å². The van der Waals surface area contributed by atoms with Crippen LogP contribution < -0.4 is 10.6 Å². The number of ether oxygens (including phenoxy) is 1. The molecule has 0 spiro atoms. The van der Waals surface area contributed by atoms with Crippen LogP contribution in [0.25, 0.3) is 0 Å². The third kappa shape index (κ3) is 4.95. The van der Waals surface area contributed by atoms with Crippen molar-refractivity contribution in [2.75, 3.05) is 19.0 Å². The van der Waals surface area contributed by atoms with Crippen LogP contribution in [0.4, 0.5) is 5.69 Å². The number of hydrogen-bond acceptors (Lipinski definition) is 3. The average Bonchev–Trinajstić information content (AvgIpc) is 2.42. The number of piperidine rings is 1. The number of hydrogen-bond donors (Lipinski definition) is 2. The van der Waals surface area contributed by atoms with Crippen LogP contribution in [0.15, 0.2) is 22.7 Å². The van der Waals surface area contributed by atoms with Crippen LogP contribution in [0.5, 0.6) is 0 Å². The highest BCUT2D eigenvalue weighted by molar-refractivity contribution is 9.10. The van der Waals surface area contributed by atoms with E-state index in [1.54, 1.807) is 7.11 Å². The molecule has 1 fully saturated rings. The van der Waals surface area contributed by atoms with Crippen LogP contribution in [0.1, 0.15) is 25.3 Å². The highest BCUT2D eigenvalue weighted by Gasteiger charge is 2.25. The average molecular weight is 378 g/mol. The summed E-state index contributed by atoms with van der Waals surface area (Å²) in [6, 6.07) is 6.20. The molecule has 0 unspecified atom stereocenters. The van der Waals surface area contributed by atoms with Gasteiger partial charge in [0.2, 0.25) is 5.91 Å². The van der Waals surface area contributed by atoms with Crippen molar-refractivity contribution in [3.63, 3.8) is 0 Å². The van der Waals surface area contributed by atoms with E-state index in [4.69, 9.17) is 4.74 Å². The summed E-state index contributed by atoms with van der Waals surface area (Å²) < 4.78 is 6.16. The molecule has 6 heteroatoms. The summed E-state index contributed by atoms with van der Waals surface area (Å²) in [5, 5.41) is 6.41. The van der Waals surface area contributed by atoms with E-state index in [1.807, 2.05) is 18.2 Å². The van der Waals surface area contributed by atoms with E-state index in [1.165, 1.54) is 0 Å². The Morgan fingerprint density at radius 1 is 1.52 bits per heavy atom. The molecule has 1 heterocycles. The summed E-state index contributed by atoms with van der Waals surface area (Å²) in [7, 11) is 1.65. The molecule has 0 radical (unpaired) electrons. The maximum Gasteiger partial charge on any atom is 0.227 e. The lowest BCUT2D eigenvalue weighted by atomic mass is 9.92. The smallest absolute Gasteiger partial charge is 0.227 e. The topological polar surface area (TPSA) is 50.4 Å². The standard InChI is InChI=1S/C15H21BrN2O2.ClH/c1-10-8-11(6-7-17-10)15(19)18-14-5-3-4-13(16)12(14)9-20-2;/h3-5,10-11,17H,6-9H2,1-2H3,(H,18,19);1H/t10-,11-;/m0./s1. The first-order valence-electron chi connectivity index (χ1n) is 6.92. The fourth-order valence-corrected chi connectivity index (χ4v) is 3.05. The second-order valence-corrected chi connectivity index (χ2v) is 6.12. The van der Waals surface area contributed by atoms with Gasteiger partial charge in [-0.15, -0.1) is 12.4 Å². The molecule has 1 aromatic rings. The van der Waals surface area contributed by atoms with Gasteiger partial charge < -0.3 is 15.4 Å². The maximum atomic E-state index is 12.4. The number of carbonyl (C=O) groups is 1. The molecule has 1 aliphatic rings. The minimum Gasteiger partial charge on any atom is -0.380 e. The molecule has 21 heavy (non-hydrogen) atoms. The summed E-state index contributed by atoms with van der Waals surface area (Å²) in [6.45, 7) is 3.50. The van der Waals surface area contributed by atoms with Crippen molar-refractivity contribution >= 4 is 39.9 Å². The van der Waals surface area contributed by atoms with Gasteiger partial charge >= 0.3 is 0 Å². The minimum atomic E-state index is 0. The first-order chi connectivity index (χ1) is 9.61. The maximum absolute atomic E-state index is 12.4. The number of halogens is 2. The molecule has 0 aromatic heterocycles. The Bertz CT molecular complexity index is 485. The Morgan fingerprint density at radius 3 is 2.95 bits per heavy atom. The van der Waals surface area contributed by atoms with Gasteiger partial charge in [0.1, 0.15) is 0 Å². The first kappa shape index (κ1) is 18.4. The van der Waals surface area contributed by atoms with E-state index in [-0.39, 0.29) is 24.2 Å². The molecule has 118 valence electrons. The van der Waals surface area contributed by atoms with Gasteiger partial charge in [0.05, 0.1) is 6.61 Å². The van der Waals surface area contributed by atoms with Crippen molar-refractivity contribution in [2.45, 2.75) is 32.4 Å². The lowest BCUT2D eigenvalue weighted by molar-refractivity contribution is -0.120. The molecule has 2 N–H and O–H groups in total. The zero-order valence-electron chi connectivity index (χ0n) is 12.3. The van der Waals surface area contributed by atoms with Gasteiger partial charge in [-0.3, -0.25) is 4.79 Å². The quantitative estimate of drug-likeness (QED) is 0.846. The highest BCUT2D eigenvalue weighted by atomic mass is 79.9. The van der Waals surface area contributed by atoms with Crippen LogP contribution in [-0.2, 0) is 16.1 Å². The molecule has 0 aliphatic carbocycles. The SMILES string of the molecule is COCc1c(Br)cccc1NC(=O)[C@H]1CCN[C@@H](C)C1.Cl. The molecule has 1 aliphatic heterocycles. The molecule has 2 atom stereocenters. The van der Waals surface area contributed by atoms with Crippen LogP contribution >= 0.6 is 28.3 Å². The van der Waals surface area contributed by atoms with E-state index in [0.29, 0.717) is 12.6 Å². The molecular formula is C15H22BrClN2O2. The molecule has 0 saturated carbocycles. The monoisotopic (exact) mass is 376 g/mol. The Hall–Kier alpha value is -0.620. The van der Waals surface area contributed by atoms with E-state index < -0.39 is 0 Å². The summed E-state index contributed by atoms with van der Waals surface area (Å²) in [6.07, 6.45) is 1.78. The summed E-state index contributed by atoms with van der Waals surface area (Å²) >= 11 is 3.50. The second kappa shape index (κ2) is 8.73. The number of anilines is 1. The van der Waals surface area contributed by atoms with E-state index in [0.717, 1.165) is 35.1 Å². The van der Waals surface area contributed by atoms with Gasteiger partial charge in [-0.05, 0) is 38.4 Å². The third-order valence-corrected chi connectivity index (χ3v) is 4.40. The molecular weight excluding hydrogens is 356 g/mol. The number of amides is 1. The van der Waals surface area contributed by atoms with Gasteiger partial charge in [-0.25, -0.2) is 0 Å². The van der Waals surface area contributed by atoms with Gasteiger partial charge in [0.15, 0.2) is 0 Å². The van der Waals surface area contributed by atoms with Crippen molar-refractivity contribution in [1.29, 1.82) is 0 Å². The summed E-state index contributed by atoms with van der Waals surface area (Å²) in [4.78, 5) is 12.4. The molecule has 1 amide bonds. The lowest BCUT2D eigenvalue weighted by Crippen LogP contribution is -2.40. The highest BCUT2D eigenvalue weighted by Crippen LogP contribution is 2.27. The normalized spacial score (nSPS) is 21.5. The van der Waals surface area contributed by atoms with Crippen LogP contribution in [0.3, 0.4) is 0 Å². The van der Waals surface area contributed by atoms with E-state index in [9.17, 15) is 4.79 Å². The molecule has 2 rings (SSSR count). The molecule has 0 bridgehead atoms. The molecule has 1 saturated heterocycles. The van der Waals surface area contributed by atoms with Gasteiger partial charge in [-0.1, -0.05) is 22.0 Å². The van der Waals surface area contributed by atoms with Gasteiger partial charge in [0, 0.05) is 34.8 Å². The van der Waals surface area contributed by atoms with Crippen molar-refractivity contribution in [1.82, 2.24) is 5.32 Å². The van der Waals surface area contributed by atoms with Gasteiger partial charge in [-0.2, -0.15) is 0 Å². The van der Waals surface area contributed by atoms with Crippen molar-refractivity contribution in [3.05, 3.63) is 28.2 Å². The summed E-state index contributed by atoms with van der Waals surface area (Å²) in [5.74, 6) is 0.189. The molecule has 4 nitrogen and oxygen atoms in total. The number of benzene rings is 1. The van der Waals surface area contributed by atoms with Crippen LogP contribution in [-0.4, -0.2) is 25.6 Å². The number of methoxy groups -OCH3 is 1. The van der Waals surface area contributed by atoms with Crippen molar-refractivity contribution in [2.24, 2.45) is 5.92 Å². The Morgan fingerprint density at radius 2 is 2.29 bits per heavy atom. The fraction of sp³-hybridized carbons (Fsp3) is 0.533. The number of carbonyl (C=O) groups excluding carboxylic acids is 1. The third-order valence-electron chi connectivity index (χ3n) is 3.66. The second-order valence-electron chi connectivity index (χ2n) is 5.26. The molecule has 1 aromatic carbocycles. The van der Waals surface area contributed by atoms with E-state index in [2.05, 4.69) is 33.5 Å². The predicted molar refractivity (Wildman–Crippen MR) is 90.9 cm³/mol. The zero-order valence-corrected chi connectivity index (χ0v) is 14.7. The van der Waals surface area contributed by atoms with Crippen molar-refractivity contribution in [3.8, 4) is 0 Å². The van der Waals surface area contributed by atoms with Crippen molar-refractivity contribution < 1.29 is 9.53 Å². The Labute approximate surface area is 140 Å². The summed E-state index contributed by atoms with van der Waals surface area (Å²) in [5.41, 5.74) is 1.81. The Balaban J connectivity index is 0.00000220. The van der Waals surface area contributed by atoms with Gasteiger partial charge in [0.25, 0.3) is 0 Å². The number of rotatable bonds is 4. The predicted octanol–water partition coefficient (Wildman–Crippen LogP) is 3.34. The zero-order chi connectivity index (χ0) is 14.5. The first-order valence-corrected chi connectivity index (χ1v) is 7.71. The fourth-order valence-electron chi connectivity index (χ4n) is 2.57. The van der Waals surface area contributed by atoms with Crippen LogP contribution in [0, 0.1) is 5.92 Å².